The van der Waals surface area contributed by atoms with Crippen molar-refractivity contribution in [3.63, 3.8) is 0 Å². The number of nitrogens with zero attached hydrogens (tertiary/aromatic N) is 1. The molecule has 270 valence electrons. The lowest BCUT2D eigenvalue weighted by atomic mass is 9.97. The maximum absolute atomic E-state index is 11.6. The van der Waals surface area contributed by atoms with Gasteiger partial charge < -0.3 is 30.7 Å². The van der Waals surface area contributed by atoms with Crippen molar-refractivity contribution in [2.45, 2.75) is 63.7 Å². The van der Waals surface area contributed by atoms with E-state index >= 15 is 0 Å². The van der Waals surface area contributed by atoms with Crippen LogP contribution in [0.1, 0.15) is 59.9 Å². The normalized spacial score (nSPS) is 18.8. The Kier molecular flexibility index (Phi) is 11.1. The van der Waals surface area contributed by atoms with E-state index in [1.54, 1.807) is 14.2 Å². The van der Waals surface area contributed by atoms with Crippen LogP contribution in [-0.2, 0) is 29.1 Å². The second-order valence-corrected chi connectivity index (χ2v) is 14.4. The smallest absolute Gasteiger partial charge is 0.220 e. The molecule has 0 spiro atoms. The molecule has 3 aromatic carbocycles. The van der Waals surface area contributed by atoms with Crippen LogP contribution >= 0.6 is 23.2 Å². The van der Waals surface area contributed by atoms with Gasteiger partial charge >= 0.3 is 0 Å². The van der Waals surface area contributed by atoms with Gasteiger partial charge in [-0.3, -0.25) is 9.59 Å². The maximum atomic E-state index is 11.6. The number of aromatic nitrogens is 1. The van der Waals surface area contributed by atoms with Crippen molar-refractivity contribution in [3.8, 4) is 34.0 Å². The first-order valence-corrected chi connectivity index (χ1v) is 18.6. The van der Waals surface area contributed by atoms with Gasteiger partial charge in [0, 0.05) is 78.9 Å². The fourth-order valence-electron chi connectivity index (χ4n) is 7.41. The Morgan fingerprint density at radius 1 is 0.750 bits per heavy atom. The number of halogens is 2. The van der Waals surface area contributed by atoms with Gasteiger partial charge in [0.2, 0.25) is 17.7 Å². The Labute approximate surface area is 314 Å². The molecule has 2 amide bonds. The molecule has 52 heavy (non-hydrogen) atoms. The highest BCUT2D eigenvalue weighted by molar-refractivity contribution is 6.38. The van der Waals surface area contributed by atoms with E-state index in [1.807, 2.05) is 48.5 Å². The minimum absolute atomic E-state index is 0.105. The van der Waals surface area contributed by atoms with Gasteiger partial charge in [-0.05, 0) is 66.2 Å². The van der Waals surface area contributed by atoms with Crippen molar-refractivity contribution in [1.29, 1.82) is 0 Å². The predicted octanol–water partition coefficient (Wildman–Crippen LogP) is 6.96. The van der Waals surface area contributed by atoms with Gasteiger partial charge in [0.25, 0.3) is 0 Å². The Morgan fingerprint density at radius 3 is 2.06 bits per heavy atom. The number of rotatable bonds is 13. The van der Waals surface area contributed by atoms with Crippen molar-refractivity contribution < 1.29 is 19.1 Å². The minimum Gasteiger partial charge on any atom is -0.496 e. The highest BCUT2D eigenvalue weighted by Gasteiger charge is 2.24. The standard InChI is InChI=1S/C41H43Cl2N5O4/c1-51-36-19-34-24(9-10-25(34)18-28(36)21-45-23-30-13-16-38(50)47-30)17-26-5-3-6-31(39(26)42)32-7-4-8-33(40(32)43)35-14-11-27(41(48-35)52-2)20-44-22-29-12-15-37(49)46-29/h3-8,11,14,17-19,29-30,44-45H,9-10,12-13,15-16,20-23H2,1-2H3,(H,46,49)(H,47,50)/b24-17+/t29-,30+/m0/s1. The second kappa shape index (κ2) is 16.1. The quantitative estimate of drug-likeness (QED) is 0.117. The number of amides is 2. The van der Waals surface area contributed by atoms with Gasteiger partial charge in [-0.15, -0.1) is 0 Å². The highest BCUT2D eigenvalue weighted by atomic mass is 35.5. The molecule has 1 aromatic heterocycles. The summed E-state index contributed by atoms with van der Waals surface area (Å²) in [6.07, 6.45) is 6.90. The van der Waals surface area contributed by atoms with E-state index in [4.69, 9.17) is 37.7 Å². The number of methoxy groups -OCH3 is 2. The lowest BCUT2D eigenvalue weighted by molar-refractivity contribution is -0.120. The molecule has 4 aromatic rings. The zero-order chi connectivity index (χ0) is 36.2. The SMILES string of the molecule is COc1cc2c(cc1CNC[C@H]1CCC(=O)N1)CC/C2=C\c1cccc(-c2cccc(-c3ccc(CNC[C@@H]4CCC(=O)N4)c(OC)n3)c2Cl)c1Cl. The van der Waals surface area contributed by atoms with E-state index in [0.717, 1.165) is 71.4 Å². The highest BCUT2D eigenvalue weighted by Crippen LogP contribution is 2.43. The number of ether oxygens (including phenoxy) is 2. The molecule has 2 saturated heterocycles. The molecule has 11 heteroatoms. The second-order valence-electron chi connectivity index (χ2n) is 13.6. The maximum Gasteiger partial charge on any atom is 0.220 e. The zero-order valence-electron chi connectivity index (χ0n) is 29.4. The summed E-state index contributed by atoms with van der Waals surface area (Å²) in [4.78, 5) is 27.9. The number of allylic oxidation sites excluding steroid dienone is 1. The minimum atomic E-state index is 0.105. The Bertz CT molecular complexity index is 2030. The monoisotopic (exact) mass is 739 g/mol. The first-order valence-electron chi connectivity index (χ1n) is 17.8. The number of aryl methyl sites for hydroxylation is 1. The average Bonchev–Trinajstić information content (AvgIpc) is 3.88. The molecular weight excluding hydrogens is 697 g/mol. The van der Waals surface area contributed by atoms with Gasteiger partial charge in [-0.1, -0.05) is 71.7 Å². The third-order valence-electron chi connectivity index (χ3n) is 10.2. The molecule has 1 aliphatic carbocycles. The number of pyridine rings is 1. The molecule has 0 bridgehead atoms. The Morgan fingerprint density at radius 2 is 1.40 bits per heavy atom. The summed E-state index contributed by atoms with van der Waals surface area (Å²) in [7, 11) is 3.32. The third-order valence-corrected chi connectivity index (χ3v) is 11.0. The van der Waals surface area contributed by atoms with Gasteiger partial charge in [0.15, 0.2) is 0 Å². The molecule has 2 aliphatic heterocycles. The summed E-state index contributed by atoms with van der Waals surface area (Å²) in [5, 5.41) is 14.1. The van der Waals surface area contributed by atoms with E-state index in [2.05, 4.69) is 39.5 Å². The molecule has 2 fully saturated rings. The number of carbonyl (C=O) groups excluding carboxylic acids is 2. The van der Waals surface area contributed by atoms with Crippen molar-refractivity contribution in [2.24, 2.45) is 0 Å². The Balaban J connectivity index is 1.09. The molecule has 4 N–H and O–H groups in total. The van der Waals surface area contributed by atoms with E-state index in [1.165, 1.54) is 16.7 Å². The van der Waals surface area contributed by atoms with Crippen molar-refractivity contribution in [1.82, 2.24) is 26.3 Å². The summed E-state index contributed by atoms with van der Waals surface area (Å²) >= 11 is 14.3. The van der Waals surface area contributed by atoms with Gasteiger partial charge in [0.05, 0.1) is 30.0 Å². The van der Waals surface area contributed by atoms with Crippen LogP contribution in [0.25, 0.3) is 34.0 Å². The lowest BCUT2D eigenvalue weighted by Gasteiger charge is -2.16. The van der Waals surface area contributed by atoms with Gasteiger partial charge in [0.1, 0.15) is 5.75 Å². The third kappa shape index (κ3) is 7.83. The van der Waals surface area contributed by atoms with E-state index in [9.17, 15) is 9.59 Å². The molecule has 0 radical (unpaired) electrons. The molecule has 9 nitrogen and oxygen atoms in total. The van der Waals surface area contributed by atoms with E-state index < -0.39 is 0 Å². The van der Waals surface area contributed by atoms with Crippen molar-refractivity contribution >= 4 is 46.7 Å². The largest absolute Gasteiger partial charge is 0.496 e. The number of fused-ring (bicyclic) bond motifs is 1. The first kappa shape index (κ1) is 36.0. The number of nitrogens with one attached hydrogen (secondary N) is 4. The van der Waals surface area contributed by atoms with Crippen LogP contribution in [0.4, 0.5) is 0 Å². The van der Waals surface area contributed by atoms with Gasteiger partial charge in [-0.25, -0.2) is 4.98 Å². The van der Waals surface area contributed by atoms with Crippen molar-refractivity contribution in [3.05, 3.63) is 98.5 Å². The van der Waals surface area contributed by atoms with E-state index in [0.29, 0.717) is 54.1 Å². The fraction of sp³-hybridized carbons (Fsp3) is 0.341. The number of benzene rings is 3. The zero-order valence-corrected chi connectivity index (χ0v) is 30.9. The molecule has 2 atom stereocenters. The molecule has 3 heterocycles. The molecule has 3 aliphatic rings. The summed E-state index contributed by atoms with van der Waals surface area (Å²) in [5.41, 5.74) is 9.74. The average molecular weight is 741 g/mol. The fourth-order valence-corrected chi connectivity index (χ4v) is 8.02. The van der Waals surface area contributed by atoms with Crippen LogP contribution < -0.4 is 30.7 Å². The molecule has 0 saturated carbocycles. The number of hydrogen-bond donors (Lipinski definition) is 4. The van der Waals surface area contributed by atoms with Crippen molar-refractivity contribution in [2.75, 3.05) is 27.3 Å². The number of carbonyl (C=O) groups is 2. The molecular formula is C41H43Cl2N5O4. The lowest BCUT2D eigenvalue weighted by Crippen LogP contribution is -2.35. The van der Waals surface area contributed by atoms with Crippen LogP contribution in [0.3, 0.4) is 0 Å². The topological polar surface area (TPSA) is 114 Å². The molecule has 7 rings (SSSR count). The summed E-state index contributed by atoms with van der Waals surface area (Å²) in [6.45, 7) is 2.65. The van der Waals surface area contributed by atoms with Crippen LogP contribution in [-0.4, -0.2) is 56.2 Å². The summed E-state index contributed by atoms with van der Waals surface area (Å²) < 4.78 is 11.5. The van der Waals surface area contributed by atoms with Crippen LogP contribution in [0.5, 0.6) is 11.6 Å². The Hall–Kier alpha value is -4.41. The first-order chi connectivity index (χ1) is 25.3. The summed E-state index contributed by atoms with van der Waals surface area (Å²) in [5.74, 6) is 1.59. The van der Waals surface area contributed by atoms with Crippen LogP contribution in [0.15, 0.2) is 60.7 Å². The predicted molar refractivity (Wildman–Crippen MR) is 207 cm³/mol. The molecule has 0 unspecified atom stereocenters. The number of hydrogen-bond acceptors (Lipinski definition) is 7. The van der Waals surface area contributed by atoms with Crippen LogP contribution in [0, 0.1) is 0 Å². The van der Waals surface area contributed by atoms with Gasteiger partial charge in [-0.2, -0.15) is 0 Å². The summed E-state index contributed by atoms with van der Waals surface area (Å²) in [6, 6.07) is 20.6. The van der Waals surface area contributed by atoms with E-state index in [-0.39, 0.29) is 23.9 Å². The van der Waals surface area contributed by atoms with Crippen LogP contribution in [0.2, 0.25) is 10.0 Å².